The first-order valence-corrected chi connectivity index (χ1v) is 12.6. The van der Waals surface area contributed by atoms with E-state index in [4.69, 9.17) is 20.5 Å². The minimum Gasteiger partial charge on any atom is -0.469 e. The van der Waals surface area contributed by atoms with Crippen LogP contribution in [-0.2, 0) is 11.2 Å². The molecule has 1 aliphatic carbocycles. The Kier molecular flexibility index (Phi) is 7.02. The fourth-order valence-corrected chi connectivity index (χ4v) is 5.63. The van der Waals surface area contributed by atoms with E-state index in [1.54, 1.807) is 6.26 Å². The predicted molar refractivity (Wildman–Crippen MR) is 128 cm³/mol. The molecule has 33 heavy (non-hydrogen) atoms. The Labute approximate surface area is 199 Å². The zero-order chi connectivity index (χ0) is 22.6. The Balaban J connectivity index is 1.01. The van der Waals surface area contributed by atoms with Crippen LogP contribution in [0.5, 0.6) is 0 Å². The third kappa shape index (κ3) is 5.61. The highest BCUT2D eigenvalue weighted by atomic mass is 35.5. The first kappa shape index (κ1) is 22.5. The molecule has 3 aromatic rings. The number of rotatable bonds is 7. The summed E-state index contributed by atoms with van der Waals surface area (Å²) in [6, 6.07) is 9.78. The molecule has 7 heteroatoms. The summed E-state index contributed by atoms with van der Waals surface area (Å²) in [6.07, 6.45) is 10.0. The number of fused-ring (bicyclic) bond motifs is 1. The second kappa shape index (κ2) is 10.3. The summed E-state index contributed by atoms with van der Waals surface area (Å²) in [4.78, 5) is 14.8. The van der Waals surface area contributed by atoms with Gasteiger partial charge in [0, 0.05) is 28.4 Å². The molecule has 0 radical (unpaired) electrons. The van der Waals surface area contributed by atoms with Crippen LogP contribution in [0.1, 0.15) is 62.3 Å². The van der Waals surface area contributed by atoms with Gasteiger partial charge >= 0.3 is 0 Å². The van der Waals surface area contributed by atoms with Crippen molar-refractivity contribution >= 4 is 28.5 Å². The fourth-order valence-electron chi connectivity index (χ4n) is 5.47. The van der Waals surface area contributed by atoms with Crippen LogP contribution in [0.4, 0.5) is 0 Å². The van der Waals surface area contributed by atoms with Crippen LogP contribution < -0.4 is 5.32 Å². The minimum atomic E-state index is 0.0688. The Hall–Kier alpha value is -2.31. The summed E-state index contributed by atoms with van der Waals surface area (Å²) in [6.45, 7) is 3.40. The molecule has 0 spiro atoms. The zero-order valence-corrected chi connectivity index (χ0v) is 19.7. The third-order valence-corrected chi connectivity index (χ3v) is 7.65. The number of halogens is 1. The molecule has 0 atom stereocenters. The number of furan rings is 1. The topological polar surface area (TPSA) is 71.5 Å². The van der Waals surface area contributed by atoms with Gasteiger partial charge in [-0.3, -0.25) is 4.79 Å². The summed E-state index contributed by atoms with van der Waals surface area (Å²) in [7, 11) is 0. The number of hydrogen-bond donors (Lipinski definition) is 1. The van der Waals surface area contributed by atoms with Crippen molar-refractivity contribution in [2.45, 2.75) is 63.3 Å². The number of benzene rings is 1. The fraction of sp³-hybridized carbons (Fsp3) is 0.538. The molecule has 1 N–H and O–H groups in total. The van der Waals surface area contributed by atoms with E-state index in [0.717, 1.165) is 67.1 Å². The maximum Gasteiger partial charge on any atom is 0.227 e. The van der Waals surface area contributed by atoms with Crippen LogP contribution in [0.25, 0.3) is 11.0 Å². The molecular formula is C26H32ClN3O3. The van der Waals surface area contributed by atoms with Gasteiger partial charge in [0.2, 0.25) is 5.91 Å². The quantitative estimate of drug-likeness (QED) is 0.490. The van der Waals surface area contributed by atoms with Crippen molar-refractivity contribution in [3.8, 4) is 0 Å². The molecule has 1 aliphatic heterocycles. The van der Waals surface area contributed by atoms with Crippen molar-refractivity contribution in [3.05, 3.63) is 53.1 Å². The van der Waals surface area contributed by atoms with Gasteiger partial charge in [-0.2, -0.15) is 0 Å². The summed E-state index contributed by atoms with van der Waals surface area (Å²) in [5.74, 6) is 2.03. The van der Waals surface area contributed by atoms with Gasteiger partial charge in [-0.1, -0.05) is 16.8 Å². The van der Waals surface area contributed by atoms with Crippen molar-refractivity contribution in [3.63, 3.8) is 0 Å². The van der Waals surface area contributed by atoms with Gasteiger partial charge < -0.3 is 19.2 Å². The number of carbonyl (C=O) groups excluding carboxylic acids is 1. The van der Waals surface area contributed by atoms with Gasteiger partial charge in [0.25, 0.3) is 0 Å². The van der Waals surface area contributed by atoms with Crippen LogP contribution in [0.3, 0.4) is 0 Å². The monoisotopic (exact) mass is 469 g/mol. The predicted octanol–water partition coefficient (Wildman–Crippen LogP) is 5.56. The number of aromatic nitrogens is 1. The van der Waals surface area contributed by atoms with Crippen LogP contribution in [0.2, 0.25) is 5.02 Å². The second-order valence-electron chi connectivity index (χ2n) is 9.65. The van der Waals surface area contributed by atoms with Crippen LogP contribution >= 0.6 is 11.6 Å². The van der Waals surface area contributed by atoms with Gasteiger partial charge in [0.05, 0.1) is 18.4 Å². The molecular weight excluding hydrogens is 438 g/mol. The van der Waals surface area contributed by atoms with Crippen molar-refractivity contribution in [2.24, 2.45) is 5.92 Å². The van der Waals surface area contributed by atoms with E-state index in [1.165, 1.54) is 25.8 Å². The van der Waals surface area contributed by atoms with Gasteiger partial charge in [0.1, 0.15) is 5.76 Å². The van der Waals surface area contributed by atoms with Crippen LogP contribution in [-0.4, -0.2) is 41.6 Å². The van der Waals surface area contributed by atoms with E-state index in [-0.39, 0.29) is 5.91 Å². The lowest BCUT2D eigenvalue weighted by molar-refractivity contribution is -0.121. The highest BCUT2D eigenvalue weighted by molar-refractivity contribution is 6.31. The molecule has 5 rings (SSSR count). The molecule has 1 saturated heterocycles. The number of nitrogens with zero attached hydrogens (tertiary/aromatic N) is 2. The smallest absolute Gasteiger partial charge is 0.227 e. The van der Waals surface area contributed by atoms with Crippen molar-refractivity contribution in [1.29, 1.82) is 0 Å². The van der Waals surface area contributed by atoms with Gasteiger partial charge in [-0.15, -0.1) is 0 Å². The van der Waals surface area contributed by atoms with E-state index in [0.29, 0.717) is 23.4 Å². The number of amides is 1. The minimum absolute atomic E-state index is 0.0688. The first-order valence-electron chi connectivity index (χ1n) is 12.2. The van der Waals surface area contributed by atoms with Crippen molar-refractivity contribution in [1.82, 2.24) is 15.4 Å². The molecule has 1 aromatic carbocycles. The highest BCUT2D eigenvalue weighted by Gasteiger charge is 2.27. The van der Waals surface area contributed by atoms with Crippen molar-refractivity contribution in [2.75, 3.05) is 19.6 Å². The van der Waals surface area contributed by atoms with Gasteiger partial charge in [0.15, 0.2) is 5.58 Å². The molecule has 1 amide bonds. The van der Waals surface area contributed by atoms with Gasteiger partial charge in [-0.25, -0.2) is 0 Å². The lowest BCUT2D eigenvalue weighted by Gasteiger charge is -2.34. The first-order chi connectivity index (χ1) is 16.1. The van der Waals surface area contributed by atoms with E-state index in [9.17, 15) is 4.79 Å². The number of hydrogen-bond acceptors (Lipinski definition) is 5. The van der Waals surface area contributed by atoms with Crippen LogP contribution in [0.15, 0.2) is 45.5 Å². The third-order valence-electron chi connectivity index (χ3n) is 7.42. The molecule has 1 saturated carbocycles. The van der Waals surface area contributed by atoms with Gasteiger partial charge in [-0.05, 0) is 94.8 Å². The maximum absolute atomic E-state index is 12.2. The van der Waals surface area contributed by atoms with E-state index >= 15 is 0 Å². The Morgan fingerprint density at radius 3 is 2.70 bits per heavy atom. The molecule has 6 nitrogen and oxygen atoms in total. The molecule has 2 fully saturated rings. The average molecular weight is 470 g/mol. The molecule has 0 bridgehead atoms. The molecule has 0 unspecified atom stereocenters. The normalized spacial score (nSPS) is 22.6. The zero-order valence-electron chi connectivity index (χ0n) is 19.0. The lowest BCUT2D eigenvalue weighted by Crippen LogP contribution is -2.39. The number of piperidine rings is 1. The Bertz CT molecular complexity index is 1050. The van der Waals surface area contributed by atoms with E-state index < -0.39 is 0 Å². The van der Waals surface area contributed by atoms with Crippen LogP contribution in [0, 0.1) is 5.92 Å². The summed E-state index contributed by atoms with van der Waals surface area (Å²) < 4.78 is 10.8. The van der Waals surface area contributed by atoms with E-state index in [2.05, 4.69) is 15.4 Å². The lowest BCUT2D eigenvalue weighted by atomic mass is 9.83. The average Bonchev–Trinajstić information content (AvgIpc) is 3.48. The SMILES string of the molecule is O=C(Cc1ccco1)NC1CCC(CCN2CCC(c3noc4cc(Cl)ccc34)CC2)CC1. The Morgan fingerprint density at radius 2 is 1.94 bits per heavy atom. The van der Waals surface area contributed by atoms with E-state index in [1.807, 2.05) is 30.3 Å². The Morgan fingerprint density at radius 1 is 1.12 bits per heavy atom. The number of nitrogens with one attached hydrogen (secondary N) is 1. The summed E-state index contributed by atoms with van der Waals surface area (Å²) in [5.41, 5.74) is 1.88. The summed E-state index contributed by atoms with van der Waals surface area (Å²) >= 11 is 6.07. The maximum atomic E-state index is 12.2. The molecule has 176 valence electrons. The molecule has 2 aromatic heterocycles. The summed E-state index contributed by atoms with van der Waals surface area (Å²) in [5, 5.41) is 9.34. The second-order valence-corrected chi connectivity index (χ2v) is 10.1. The standard InChI is InChI=1S/C26H32ClN3O3/c27-20-5-8-23-24(16-20)33-29-26(23)19-10-13-30(14-11-19)12-9-18-3-6-21(7-4-18)28-25(31)17-22-2-1-15-32-22/h1-2,5,8,15-16,18-19,21H,3-4,6-7,9-14,17H2,(H,28,31). The highest BCUT2D eigenvalue weighted by Crippen LogP contribution is 2.34. The largest absolute Gasteiger partial charge is 0.469 e. The molecule has 3 heterocycles. The van der Waals surface area contributed by atoms with Crippen molar-refractivity contribution < 1.29 is 13.7 Å². The molecule has 2 aliphatic rings. The number of carbonyl (C=O) groups is 1. The number of likely N-dealkylation sites (tertiary alicyclic amines) is 1.